The molecular weight excluding hydrogens is 204 g/mol. The van der Waals surface area contributed by atoms with Gasteiger partial charge in [0.15, 0.2) is 0 Å². The molecule has 1 fully saturated rings. The van der Waals surface area contributed by atoms with Crippen molar-refractivity contribution >= 4 is 23.6 Å². The maximum absolute atomic E-state index is 11.5. The number of thioether (sulfide) groups is 1. The van der Waals surface area contributed by atoms with Gasteiger partial charge in [0, 0.05) is 5.75 Å². The molecule has 0 aromatic rings. The van der Waals surface area contributed by atoms with E-state index in [2.05, 4.69) is 0 Å². The van der Waals surface area contributed by atoms with E-state index >= 15 is 0 Å². The third kappa shape index (κ3) is 1.01. The molecule has 0 spiro atoms. The molecule has 0 bridgehead atoms. The Morgan fingerprint density at radius 2 is 2.50 bits per heavy atom. The summed E-state index contributed by atoms with van der Waals surface area (Å²) in [5.41, 5.74) is 4.89. The predicted molar refractivity (Wildman–Crippen MR) is 51.4 cm³/mol. The molecule has 2 rings (SSSR count). The van der Waals surface area contributed by atoms with Gasteiger partial charge in [-0.05, 0) is 13.0 Å². The molecule has 2 aliphatic rings. The summed E-state index contributed by atoms with van der Waals surface area (Å²) in [6.45, 7) is 1.63. The second-order valence-electron chi connectivity index (χ2n) is 3.54. The number of carbonyl (C=O) groups is 2. The molecule has 5 nitrogen and oxygen atoms in total. The maximum atomic E-state index is 11.5. The summed E-state index contributed by atoms with van der Waals surface area (Å²) in [5, 5.41) is 8.61. The lowest BCUT2D eigenvalue weighted by molar-refractivity contribution is -0.153. The lowest BCUT2D eigenvalue weighted by Gasteiger charge is -2.53. The van der Waals surface area contributed by atoms with Crippen molar-refractivity contribution < 1.29 is 14.7 Å². The van der Waals surface area contributed by atoms with E-state index in [1.165, 1.54) is 22.7 Å². The van der Waals surface area contributed by atoms with Crippen molar-refractivity contribution in [1.82, 2.24) is 4.90 Å². The molecule has 0 aromatic carbocycles. The molecule has 0 aromatic heterocycles. The largest absolute Gasteiger partial charge is 0.477 e. The Labute approximate surface area is 84.9 Å². The van der Waals surface area contributed by atoms with E-state index in [1.807, 2.05) is 0 Å². The van der Waals surface area contributed by atoms with Crippen molar-refractivity contribution in [2.45, 2.75) is 17.8 Å². The van der Waals surface area contributed by atoms with Crippen molar-refractivity contribution in [3.8, 4) is 0 Å². The highest BCUT2D eigenvalue weighted by Crippen LogP contribution is 2.42. The highest BCUT2D eigenvalue weighted by Gasteiger charge is 2.58. The van der Waals surface area contributed by atoms with Crippen LogP contribution in [-0.2, 0) is 9.59 Å². The zero-order chi connectivity index (χ0) is 10.5. The van der Waals surface area contributed by atoms with E-state index in [0.29, 0.717) is 5.75 Å². The van der Waals surface area contributed by atoms with Gasteiger partial charge >= 0.3 is 5.97 Å². The van der Waals surface area contributed by atoms with E-state index in [9.17, 15) is 9.59 Å². The van der Waals surface area contributed by atoms with Crippen LogP contribution in [0.1, 0.15) is 6.92 Å². The first-order chi connectivity index (χ1) is 6.46. The number of nitrogens with zero attached hydrogens (tertiary/aromatic N) is 1. The van der Waals surface area contributed by atoms with Crippen LogP contribution >= 0.6 is 11.8 Å². The number of hydrogen-bond donors (Lipinski definition) is 2. The van der Waals surface area contributed by atoms with Crippen molar-refractivity contribution in [2.24, 2.45) is 5.73 Å². The summed E-state index contributed by atoms with van der Waals surface area (Å²) in [6, 6.07) is 0. The van der Waals surface area contributed by atoms with Crippen LogP contribution in [0, 0.1) is 0 Å². The maximum Gasteiger partial charge on any atom is 0.352 e. The number of fused-ring (bicyclic) bond motifs is 1. The summed E-state index contributed by atoms with van der Waals surface area (Å²) >= 11 is 1.49. The average molecular weight is 214 g/mol. The quantitative estimate of drug-likeness (QED) is 0.580. The van der Waals surface area contributed by atoms with E-state index in [1.54, 1.807) is 6.92 Å². The Morgan fingerprint density at radius 1 is 1.86 bits per heavy atom. The molecule has 0 aliphatic carbocycles. The van der Waals surface area contributed by atoms with Crippen molar-refractivity contribution in [3.63, 3.8) is 0 Å². The van der Waals surface area contributed by atoms with Gasteiger partial charge in [0.05, 0.1) is 0 Å². The van der Waals surface area contributed by atoms with E-state index in [4.69, 9.17) is 10.8 Å². The van der Waals surface area contributed by atoms with Crippen LogP contribution < -0.4 is 5.73 Å². The SMILES string of the molecule is CC1(N)C(=O)N2C(C(=O)O)=CCS[C@H]21. The highest BCUT2D eigenvalue weighted by molar-refractivity contribution is 8.00. The minimum atomic E-state index is -1.07. The Hall–Kier alpha value is -1.01. The van der Waals surface area contributed by atoms with Crippen molar-refractivity contribution in [2.75, 3.05) is 5.75 Å². The summed E-state index contributed by atoms with van der Waals surface area (Å²) in [5.74, 6) is -0.800. The fourth-order valence-corrected chi connectivity index (χ4v) is 2.91. The van der Waals surface area contributed by atoms with Gasteiger partial charge in [0.1, 0.15) is 16.6 Å². The van der Waals surface area contributed by atoms with Crippen molar-refractivity contribution in [3.05, 3.63) is 11.8 Å². The molecule has 1 saturated heterocycles. The first-order valence-corrected chi connectivity index (χ1v) is 5.18. The molecule has 0 radical (unpaired) electrons. The number of carboxylic acid groups (broad SMARTS) is 1. The van der Waals surface area contributed by atoms with Crippen LogP contribution in [0.2, 0.25) is 0 Å². The Balaban J connectivity index is 2.32. The van der Waals surface area contributed by atoms with Gasteiger partial charge in [-0.3, -0.25) is 9.69 Å². The first kappa shape index (κ1) is 9.54. The van der Waals surface area contributed by atoms with Gasteiger partial charge in [-0.1, -0.05) is 0 Å². The monoisotopic (exact) mass is 214 g/mol. The molecule has 2 atom stereocenters. The molecule has 14 heavy (non-hydrogen) atoms. The number of hydrogen-bond acceptors (Lipinski definition) is 4. The molecular formula is C8H10N2O3S. The van der Waals surface area contributed by atoms with Gasteiger partial charge in [-0.25, -0.2) is 4.79 Å². The normalized spacial score (nSPS) is 35.9. The van der Waals surface area contributed by atoms with Crippen LogP contribution in [-0.4, -0.2) is 38.5 Å². The number of carboxylic acids is 1. The van der Waals surface area contributed by atoms with Gasteiger partial charge in [-0.2, -0.15) is 0 Å². The average Bonchev–Trinajstić information content (AvgIpc) is 2.16. The summed E-state index contributed by atoms with van der Waals surface area (Å²) in [7, 11) is 0. The van der Waals surface area contributed by atoms with E-state index in [0.717, 1.165) is 0 Å². The van der Waals surface area contributed by atoms with Crippen LogP contribution in [0.4, 0.5) is 0 Å². The fraction of sp³-hybridized carbons (Fsp3) is 0.500. The number of nitrogens with two attached hydrogens (primary N) is 1. The van der Waals surface area contributed by atoms with Gasteiger partial charge in [-0.15, -0.1) is 11.8 Å². The van der Waals surface area contributed by atoms with Gasteiger partial charge in [0.2, 0.25) is 0 Å². The van der Waals surface area contributed by atoms with Crippen LogP contribution in [0.15, 0.2) is 11.8 Å². The van der Waals surface area contributed by atoms with Crippen molar-refractivity contribution in [1.29, 1.82) is 0 Å². The zero-order valence-corrected chi connectivity index (χ0v) is 8.37. The van der Waals surface area contributed by atoms with Crippen LogP contribution in [0.3, 0.4) is 0 Å². The number of amides is 1. The first-order valence-electron chi connectivity index (χ1n) is 4.14. The molecule has 1 amide bonds. The molecule has 1 unspecified atom stereocenters. The van der Waals surface area contributed by atoms with E-state index in [-0.39, 0.29) is 17.0 Å². The summed E-state index contributed by atoms with van der Waals surface area (Å²) in [6.07, 6.45) is 1.54. The van der Waals surface area contributed by atoms with Crippen LogP contribution in [0.5, 0.6) is 0 Å². The topological polar surface area (TPSA) is 83.6 Å². The smallest absolute Gasteiger partial charge is 0.352 e. The Kier molecular flexibility index (Phi) is 1.87. The molecule has 3 N–H and O–H groups in total. The second-order valence-corrected chi connectivity index (χ2v) is 4.65. The minimum Gasteiger partial charge on any atom is -0.477 e. The molecule has 0 saturated carbocycles. The van der Waals surface area contributed by atoms with Gasteiger partial charge < -0.3 is 10.8 Å². The third-order valence-corrected chi connectivity index (χ3v) is 3.81. The van der Waals surface area contributed by atoms with Gasteiger partial charge in [0.25, 0.3) is 5.91 Å². The van der Waals surface area contributed by atoms with E-state index < -0.39 is 11.5 Å². The molecule has 2 aliphatic heterocycles. The Bertz CT molecular complexity index is 350. The number of carbonyl (C=O) groups excluding carboxylic acids is 1. The van der Waals surface area contributed by atoms with Crippen LogP contribution in [0.25, 0.3) is 0 Å². The minimum absolute atomic E-state index is 0.0571. The fourth-order valence-electron chi connectivity index (χ4n) is 1.66. The Morgan fingerprint density at radius 3 is 3.07 bits per heavy atom. The molecule has 6 heteroatoms. The summed E-state index contributed by atoms with van der Waals surface area (Å²) in [4.78, 5) is 23.6. The molecule has 2 heterocycles. The lowest BCUT2D eigenvalue weighted by atomic mass is 9.90. The second kappa shape index (κ2) is 2.74. The molecule has 76 valence electrons. The number of rotatable bonds is 1. The predicted octanol–water partition coefficient (Wildman–Crippen LogP) is -0.413. The summed E-state index contributed by atoms with van der Waals surface area (Å²) < 4.78 is 0. The highest BCUT2D eigenvalue weighted by atomic mass is 32.2. The standard InChI is InChI=1S/C8H10N2O3S/c1-8(9)6(13)10-4(5(11)12)2-3-14-7(8)10/h2,7H,3,9H2,1H3,(H,11,12)/t7-,8?/m0/s1. The lowest BCUT2D eigenvalue weighted by Crippen LogP contribution is -2.76. The number of β-lactam (4-membered cyclic amide) rings is 1. The number of aliphatic carboxylic acids is 1. The zero-order valence-electron chi connectivity index (χ0n) is 7.56. The third-order valence-electron chi connectivity index (χ3n) is 2.44.